The van der Waals surface area contributed by atoms with E-state index in [1.807, 2.05) is 31.2 Å². The number of hydrogen-bond acceptors (Lipinski definition) is 3. The van der Waals surface area contributed by atoms with Crippen LogP contribution in [0.2, 0.25) is 0 Å². The monoisotopic (exact) mass is 412 g/mol. The van der Waals surface area contributed by atoms with Crippen LogP contribution in [0.1, 0.15) is 42.4 Å². The van der Waals surface area contributed by atoms with Crippen molar-refractivity contribution in [3.8, 4) is 0 Å². The number of nitrogens with zero attached hydrogens (tertiary/aromatic N) is 1. The third-order valence-electron chi connectivity index (χ3n) is 6.14. The summed E-state index contributed by atoms with van der Waals surface area (Å²) in [4.78, 5) is 13.2. The summed E-state index contributed by atoms with van der Waals surface area (Å²) >= 11 is 0. The second kappa shape index (κ2) is 8.28. The zero-order chi connectivity index (χ0) is 20.4. The first-order chi connectivity index (χ1) is 13.9. The van der Waals surface area contributed by atoms with Crippen LogP contribution in [-0.2, 0) is 27.7 Å². The molecule has 0 atom stereocenters. The lowest BCUT2D eigenvalue weighted by atomic mass is 9.90. The summed E-state index contributed by atoms with van der Waals surface area (Å²) in [6.07, 6.45) is 5.55. The van der Waals surface area contributed by atoms with Crippen LogP contribution in [0, 0.1) is 12.8 Å². The number of sulfonamides is 1. The van der Waals surface area contributed by atoms with Gasteiger partial charge in [-0.05, 0) is 74.8 Å². The molecular formula is C23H28N2O3S. The predicted molar refractivity (Wildman–Crippen MR) is 114 cm³/mol. The lowest BCUT2D eigenvalue weighted by molar-refractivity contribution is -0.120. The number of anilines is 1. The topological polar surface area (TPSA) is 66.5 Å². The number of hydrogen-bond donors (Lipinski definition) is 1. The van der Waals surface area contributed by atoms with E-state index < -0.39 is 10.0 Å². The molecule has 1 amide bonds. The van der Waals surface area contributed by atoms with Crippen molar-refractivity contribution < 1.29 is 13.2 Å². The highest BCUT2D eigenvalue weighted by Crippen LogP contribution is 2.30. The van der Waals surface area contributed by atoms with Crippen LogP contribution in [0.3, 0.4) is 0 Å². The number of nitrogens with one attached hydrogen (secondary N) is 1. The van der Waals surface area contributed by atoms with E-state index >= 15 is 0 Å². The van der Waals surface area contributed by atoms with Gasteiger partial charge in [-0.3, -0.25) is 4.79 Å². The summed E-state index contributed by atoms with van der Waals surface area (Å²) in [6.45, 7) is 2.69. The number of fused-ring (bicyclic) bond motifs is 1. The molecule has 0 unspecified atom stereocenters. The molecule has 1 saturated heterocycles. The first-order valence-electron chi connectivity index (χ1n) is 10.4. The standard InChI is InChI=1S/C23H28N2O3S/c1-17-9-11-20(12-10-17)29(27,28)25-15-13-19(14-16-25)23(26)24-22-8-4-6-18-5-2-3-7-21(18)22/h4,6,8-12,19H,2-3,5,7,13-16H2,1H3,(H,24,26). The second-order valence-electron chi connectivity index (χ2n) is 8.13. The highest BCUT2D eigenvalue weighted by atomic mass is 32.2. The van der Waals surface area contributed by atoms with Gasteiger partial charge >= 0.3 is 0 Å². The smallest absolute Gasteiger partial charge is 0.243 e. The SMILES string of the molecule is Cc1ccc(S(=O)(=O)N2CCC(C(=O)Nc3cccc4c3CCCC4)CC2)cc1. The highest BCUT2D eigenvalue weighted by Gasteiger charge is 2.32. The van der Waals surface area contributed by atoms with Crippen LogP contribution >= 0.6 is 0 Å². The van der Waals surface area contributed by atoms with Gasteiger partial charge in [-0.15, -0.1) is 0 Å². The minimum atomic E-state index is -3.50. The van der Waals surface area contributed by atoms with Gasteiger partial charge in [0.05, 0.1) is 4.90 Å². The van der Waals surface area contributed by atoms with E-state index in [0.717, 1.165) is 30.5 Å². The van der Waals surface area contributed by atoms with Gasteiger partial charge in [0, 0.05) is 24.7 Å². The van der Waals surface area contributed by atoms with Crippen LogP contribution in [0.25, 0.3) is 0 Å². The Morgan fingerprint density at radius 1 is 1.00 bits per heavy atom. The second-order valence-corrected chi connectivity index (χ2v) is 10.1. The fourth-order valence-corrected chi connectivity index (χ4v) is 5.82. The van der Waals surface area contributed by atoms with Crippen molar-refractivity contribution >= 4 is 21.6 Å². The molecule has 0 bridgehead atoms. The summed E-state index contributed by atoms with van der Waals surface area (Å²) < 4.78 is 27.2. The first-order valence-corrected chi connectivity index (χ1v) is 11.9. The Morgan fingerprint density at radius 2 is 1.69 bits per heavy atom. The molecule has 6 heteroatoms. The third-order valence-corrected chi connectivity index (χ3v) is 8.05. The molecular weight excluding hydrogens is 384 g/mol. The Balaban J connectivity index is 1.40. The fraction of sp³-hybridized carbons (Fsp3) is 0.435. The highest BCUT2D eigenvalue weighted by molar-refractivity contribution is 7.89. The number of carbonyl (C=O) groups is 1. The normalized spacial score (nSPS) is 18.2. The van der Waals surface area contributed by atoms with E-state index in [-0.39, 0.29) is 11.8 Å². The largest absolute Gasteiger partial charge is 0.326 e. The van der Waals surface area contributed by atoms with Gasteiger partial charge in [0.25, 0.3) is 0 Å². The lowest BCUT2D eigenvalue weighted by Crippen LogP contribution is -2.41. The van der Waals surface area contributed by atoms with Gasteiger partial charge in [0.2, 0.25) is 15.9 Å². The average Bonchev–Trinajstić information content (AvgIpc) is 2.74. The van der Waals surface area contributed by atoms with Crippen LogP contribution < -0.4 is 5.32 Å². The van der Waals surface area contributed by atoms with E-state index in [2.05, 4.69) is 11.4 Å². The van der Waals surface area contributed by atoms with Gasteiger partial charge in [0.15, 0.2) is 0 Å². The number of piperidine rings is 1. The molecule has 4 rings (SSSR count). The van der Waals surface area contributed by atoms with Crippen LogP contribution in [0.15, 0.2) is 47.4 Å². The minimum Gasteiger partial charge on any atom is -0.326 e. The van der Waals surface area contributed by atoms with E-state index in [1.54, 1.807) is 12.1 Å². The maximum absolute atomic E-state index is 12.9. The van der Waals surface area contributed by atoms with Gasteiger partial charge < -0.3 is 5.32 Å². The Morgan fingerprint density at radius 3 is 2.41 bits per heavy atom. The molecule has 154 valence electrons. The van der Waals surface area contributed by atoms with E-state index in [9.17, 15) is 13.2 Å². The van der Waals surface area contributed by atoms with Crippen molar-refractivity contribution in [2.75, 3.05) is 18.4 Å². The maximum atomic E-state index is 12.9. The molecule has 2 aromatic rings. The van der Waals surface area contributed by atoms with E-state index in [4.69, 9.17) is 0 Å². The molecule has 29 heavy (non-hydrogen) atoms. The fourth-order valence-electron chi connectivity index (χ4n) is 4.35. The summed E-state index contributed by atoms with van der Waals surface area (Å²) in [6, 6.07) is 13.1. The number of benzene rings is 2. The Kier molecular flexibility index (Phi) is 5.74. The van der Waals surface area contributed by atoms with Crippen LogP contribution in [0.4, 0.5) is 5.69 Å². The number of aryl methyl sites for hydroxylation is 2. The van der Waals surface area contributed by atoms with Crippen molar-refractivity contribution in [1.82, 2.24) is 4.31 Å². The zero-order valence-corrected chi connectivity index (χ0v) is 17.7. The van der Waals surface area contributed by atoms with Gasteiger partial charge in [-0.2, -0.15) is 4.31 Å². The number of amides is 1. The molecule has 1 aliphatic carbocycles. The molecule has 0 saturated carbocycles. The number of carbonyl (C=O) groups excluding carboxylic acids is 1. The molecule has 1 fully saturated rings. The molecule has 0 radical (unpaired) electrons. The maximum Gasteiger partial charge on any atom is 0.243 e. The van der Waals surface area contributed by atoms with Crippen molar-refractivity contribution in [3.63, 3.8) is 0 Å². The predicted octanol–water partition coefficient (Wildman–Crippen LogP) is 3.91. The molecule has 0 spiro atoms. The molecule has 1 N–H and O–H groups in total. The summed E-state index contributed by atoms with van der Waals surface area (Å²) in [7, 11) is -3.50. The molecule has 1 aliphatic heterocycles. The molecule has 0 aromatic heterocycles. The molecule has 2 aliphatic rings. The summed E-state index contributed by atoms with van der Waals surface area (Å²) in [5.41, 5.74) is 4.57. The van der Waals surface area contributed by atoms with Gasteiger partial charge in [0.1, 0.15) is 0 Å². The first kappa shape index (κ1) is 20.1. The average molecular weight is 413 g/mol. The molecule has 5 nitrogen and oxygen atoms in total. The Bertz CT molecular complexity index is 991. The molecule has 2 aromatic carbocycles. The van der Waals surface area contributed by atoms with Crippen LogP contribution in [0.5, 0.6) is 0 Å². The van der Waals surface area contributed by atoms with Crippen molar-refractivity contribution in [2.24, 2.45) is 5.92 Å². The molecule has 1 heterocycles. The third kappa shape index (κ3) is 4.23. The zero-order valence-electron chi connectivity index (χ0n) is 16.9. The van der Waals surface area contributed by atoms with Gasteiger partial charge in [-0.25, -0.2) is 8.42 Å². The van der Waals surface area contributed by atoms with Crippen molar-refractivity contribution in [3.05, 3.63) is 59.2 Å². The summed E-state index contributed by atoms with van der Waals surface area (Å²) in [5.74, 6) is -0.143. The lowest BCUT2D eigenvalue weighted by Gasteiger charge is -2.31. The van der Waals surface area contributed by atoms with Crippen molar-refractivity contribution in [2.45, 2.75) is 50.3 Å². The van der Waals surface area contributed by atoms with Crippen molar-refractivity contribution in [1.29, 1.82) is 0 Å². The summed E-state index contributed by atoms with van der Waals surface area (Å²) in [5, 5.41) is 3.12. The minimum absolute atomic E-state index is 0.0105. The van der Waals surface area contributed by atoms with Gasteiger partial charge in [-0.1, -0.05) is 29.8 Å². The Labute approximate surface area is 173 Å². The quantitative estimate of drug-likeness (QED) is 0.828. The van der Waals surface area contributed by atoms with E-state index in [1.165, 1.54) is 21.9 Å². The number of rotatable bonds is 4. The van der Waals surface area contributed by atoms with E-state index in [0.29, 0.717) is 30.8 Å². The van der Waals surface area contributed by atoms with Crippen LogP contribution in [-0.4, -0.2) is 31.7 Å². The Hall–Kier alpha value is -2.18.